The minimum absolute atomic E-state index is 0.282. The minimum Gasteiger partial charge on any atom is -0.439 e. The number of rotatable bonds is 9. The first-order valence-electron chi connectivity index (χ1n) is 13.9. The lowest BCUT2D eigenvalue weighted by Crippen LogP contribution is -3.12. The Bertz CT molecular complexity index is 1060. The number of oxazole rings is 1. The molecule has 2 aromatic carbocycles. The summed E-state index contributed by atoms with van der Waals surface area (Å²) in [6.45, 7) is 5.73. The molecule has 3 nitrogen and oxygen atoms in total. The van der Waals surface area contributed by atoms with E-state index < -0.39 is 0 Å². The van der Waals surface area contributed by atoms with Crippen molar-refractivity contribution in [1.82, 2.24) is 4.98 Å². The molecule has 2 aliphatic rings. The summed E-state index contributed by atoms with van der Waals surface area (Å²) in [5, 5.41) is 0.809. The van der Waals surface area contributed by atoms with Gasteiger partial charge in [-0.15, -0.1) is 11.8 Å². The Labute approximate surface area is 226 Å². The van der Waals surface area contributed by atoms with Crippen molar-refractivity contribution >= 4 is 23.4 Å². The first kappa shape index (κ1) is 25.9. The number of hydrogen-bond donors (Lipinski definition) is 1. The Morgan fingerprint density at radius 2 is 1.78 bits per heavy atom. The molecule has 3 aromatic rings. The lowest BCUT2D eigenvalue weighted by atomic mass is 9.77. The van der Waals surface area contributed by atoms with Gasteiger partial charge in [-0.2, -0.15) is 0 Å². The monoisotopic (exact) mass is 523 g/mol. The summed E-state index contributed by atoms with van der Waals surface area (Å²) in [6.07, 6.45) is 11.2. The molecule has 0 bridgehead atoms. The predicted molar refractivity (Wildman–Crippen MR) is 150 cm³/mol. The molecule has 5 rings (SSSR count). The van der Waals surface area contributed by atoms with E-state index in [9.17, 15) is 0 Å². The zero-order valence-electron chi connectivity index (χ0n) is 21.5. The third kappa shape index (κ3) is 6.57. The molecule has 4 unspecified atom stereocenters. The fraction of sp³-hybridized carbons (Fsp3) is 0.516. The van der Waals surface area contributed by atoms with Crippen molar-refractivity contribution in [2.75, 3.05) is 18.8 Å². The van der Waals surface area contributed by atoms with Crippen molar-refractivity contribution in [2.24, 2.45) is 17.8 Å². The number of nitrogens with one attached hydrogen (secondary N) is 1. The number of hydrogen-bond acceptors (Lipinski definition) is 3. The number of likely N-dealkylation sites (tertiary alicyclic amines) is 1. The zero-order chi connectivity index (χ0) is 24.7. The lowest BCUT2D eigenvalue weighted by molar-refractivity contribution is -0.924. The highest BCUT2D eigenvalue weighted by molar-refractivity contribution is 7.99. The van der Waals surface area contributed by atoms with Gasteiger partial charge in [-0.1, -0.05) is 74.5 Å². The van der Waals surface area contributed by atoms with E-state index in [0.29, 0.717) is 5.92 Å². The van der Waals surface area contributed by atoms with Crippen LogP contribution in [0.3, 0.4) is 0 Å². The number of piperidine rings is 1. The first-order chi connectivity index (χ1) is 17.7. The number of thioether (sulfide) groups is 1. The highest BCUT2D eigenvalue weighted by Crippen LogP contribution is 2.40. The summed E-state index contributed by atoms with van der Waals surface area (Å²) in [7, 11) is 0. The summed E-state index contributed by atoms with van der Waals surface area (Å²) in [6, 6.07) is 19.2. The van der Waals surface area contributed by atoms with E-state index in [0.717, 1.165) is 35.1 Å². The summed E-state index contributed by atoms with van der Waals surface area (Å²) in [5.74, 6) is 5.60. The van der Waals surface area contributed by atoms with Crippen LogP contribution in [0.4, 0.5) is 0 Å². The average molecular weight is 524 g/mol. The number of quaternary nitrogens is 1. The van der Waals surface area contributed by atoms with E-state index in [4.69, 9.17) is 21.0 Å². The summed E-state index contributed by atoms with van der Waals surface area (Å²) in [5.41, 5.74) is 1.35. The summed E-state index contributed by atoms with van der Waals surface area (Å²) >= 11 is 8.05. The average Bonchev–Trinajstić information content (AvgIpc) is 3.37. The van der Waals surface area contributed by atoms with Gasteiger partial charge in [0.1, 0.15) is 6.54 Å². The van der Waals surface area contributed by atoms with E-state index >= 15 is 0 Å². The molecule has 2 heterocycles. The molecule has 1 aliphatic carbocycles. The van der Waals surface area contributed by atoms with E-state index in [2.05, 4.69) is 49.4 Å². The smallest absolute Gasteiger partial charge is 0.202 e. The molecule has 0 radical (unpaired) electrons. The Balaban J connectivity index is 1.24. The largest absolute Gasteiger partial charge is 0.439 e. The van der Waals surface area contributed by atoms with Crippen LogP contribution >= 0.6 is 23.4 Å². The Hall–Kier alpha value is -1.75. The van der Waals surface area contributed by atoms with Gasteiger partial charge in [-0.05, 0) is 60.9 Å². The highest BCUT2D eigenvalue weighted by atomic mass is 35.5. The number of aromatic nitrogens is 1. The number of halogens is 1. The van der Waals surface area contributed by atoms with Gasteiger partial charge in [0.25, 0.3) is 0 Å². The maximum atomic E-state index is 6.54. The topological polar surface area (TPSA) is 30.5 Å². The molecule has 0 spiro atoms. The molecule has 5 heteroatoms. The predicted octanol–water partition coefficient (Wildman–Crippen LogP) is 7.26. The number of nitrogens with zero attached hydrogens (tertiary/aromatic N) is 1. The Morgan fingerprint density at radius 3 is 2.53 bits per heavy atom. The second-order valence-electron chi connectivity index (χ2n) is 10.8. The SMILES string of the molecule is CCC1CC[NH+](Cc2cnc(C(c3ccccc3)C3CCCCC3)o2)CC1CSc1ccc(Cl)cc1. The number of benzene rings is 2. The van der Waals surface area contributed by atoms with Gasteiger partial charge in [-0.25, -0.2) is 4.98 Å². The molecule has 192 valence electrons. The molecule has 2 fully saturated rings. The molecule has 4 atom stereocenters. The highest BCUT2D eigenvalue weighted by Gasteiger charge is 2.33. The van der Waals surface area contributed by atoms with E-state index in [-0.39, 0.29) is 5.92 Å². The molecule has 0 amide bonds. The molecule has 1 saturated heterocycles. The van der Waals surface area contributed by atoms with Gasteiger partial charge in [0, 0.05) is 21.6 Å². The third-order valence-electron chi connectivity index (χ3n) is 8.43. The lowest BCUT2D eigenvalue weighted by Gasteiger charge is -2.35. The molecule has 1 aromatic heterocycles. The van der Waals surface area contributed by atoms with E-state index in [1.54, 1.807) is 4.90 Å². The van der Waals surface area contributed by atoms with E-state index in [1.165, 1.54) is 74.2 Å². The Morgan fingerprint density at radius 1 is 1.00 bits per heavy atom. The van der Waals surface area contributed by atoms with Crippen LogP contribution in [0.5, 0.6) is 0 Å². The zero-order valence-corrected chi connectivity index (χ0v) is 23.1. The van der Waals surface area contributed by atoms with Crippen molar-refractivity contribution in [3.8, 4) is 0 Å². The van der Waals surface area contributed by atoms with Crippen molar-refractivity contribution in [1.29, 1.82) is 0 Å². The summed E-state index contributed by atoms with van der Waals surface area (Å²) < 4.78 is 6.54. The van der Waals surface area contributed by atoms with Gasteiger partial charge in [0.05, 0.1) is 25.2 Å². The van der Waals surface area contributed by atoms with Crippen LogP contribution in [-0.2, 0) is 6.54 Å². The van der Waals surface area contributed by atoms with Gasteiger partial charge >= 0.3 is 0 Å². The van der Waals surface area contributed by atoms with Crippen LogP contribution in [0.15, 0.2) is 70.1 Å². The normalized spacial score (nSPS) is 24.0. The van der Waals surface area contributed by atoms with Crippen LogP contribution in [0.2, 0.25) is 5.02 Å². The molecule has 1 N–H and O–H groups in total. The summed E-state index contributed by atoms with van der Waals surface area (Å²) in [4.78, 5) is 7.82. The Kier molecular flexibility index (Phi) is 9.11. The van der Waals surface area contributed by atoms with Crippen LogP contribution < -0.4 is 4.90 Å². The van der Waals surface area contributed by atoms with Crippen molar-refractivity contribution in [3.05, 3.63) is 83.0 Å². The molecule has 1 saturated carbocycles. The van der Waals surface area contributed by atoms with Crippen molar-refractivity contribution in [3.63, 3.8) is 0 Å². The van der Waals surface area contributed by atoms with Gasteiger partial charge < -0.3 is 9.32 Å². The molecule has 36 heavy (non-hydrogen) atoms. The van der Waals surface area contributed by atoms with Gasteiger partial charge in [0.2, 0.25) is 5.89 Å². The second-order valence-corrected chi connectivity index (χ2v) is 12.3. The maximum Gasteiger partial charge on any atom is 0.202 e. The first-order valence-corrected chi connectivity index (χ1v) is 15.3. The second kappa shape index (κ2) is 12.7. The molecular weight excluding hydrogens is 484 g/mol. The van der Waals surface area contributed by atoms with Gasteiger partial charge in [0.15, 0.2) is 5.76 Å². The quantitative estimate of drug-likeness (QED) is 0.299. The maximum absolute atomic E-state index is 6.54. The standard InChI is InChI=1S/C31H39ClN2OS/c1-2-23-17-18-34(20-26(23)22-36-29-15-13-27(32)14-16-29)21-28-19-33-31(35-28)30(24-9-5-3-6-10-24)25-11-7-4-8-12-25/h3,5-6,9-10,13-16,19,23,25-26,30H,2,4,7-8,11-12,17-18,20-22H2,1H3/p+1. The van der Waals surface area contributed by atoms with E-state index in [1.807, 2.05) is 30.1 Å². The van der Waals surface area contributed by atoms with Crippen molar-refractivity contribution in [2.45, 2.75) is 69.2 Å². The van der Waals surface area contributed by atoms with Crippen LogP contribution in [0.25, 0.3) is 0 Å². The fourth-order valence-corrected chi connectivity index (χ4v) is 7.68. The molecule has 1 aliphatic heterocycles. The van der Waals surface area contributed by atoms with Crippen molar-refractivity contribution < 1.29 is 9.32 Å². The third-order valence-corrected chi connectivity index (χ3v) is 9.88. The molecular formula is C31H40ClN2OS+. The van der Waals surface area contributed by atoms with Crippen LogP contribution in [0.1, 0.15) is 75.0 Å². The van der Waals surface area contributed by atoms with Crippen LogP contribution in [0, 0.1) is 17.8 Å². The minimum atomic E-state index is 0.282. The van der Waals surface area contributed by atoms with Crippen LogP contribution in [-0.4, -0.2) is 23.8 Å². The van der Waals surface area contributed by atoms with Gasteiger partial charge in [-0.3, -0.25) is 0 Å². The fourth-order valence-electron chi connectivity index (χ4n) is 6.43.